The minimum Gasteiger partial charge on any atom is -0.508 e. The average molecular weight is 312 g/mol. The van der Waals surface area contributed by atoms with Crippen molar-refractivity contribution in [3.8, 4) is 5.75 Å². The topological polar surface area (TPSA) is 35.5 Å². The molecule has 3 nitrogen and oxygen atoms in total. The van der Waals surface area contributed by atoms with Gasteiger partial charge in [-0.25, -0.2) is 0 Å². The number of phenolic OH excluding ortho intramolecular Hbond substituents is 1. The Labute approximate surface area is 139 Å². The molecule has 1 aliphatic heterocycles. The molecule has 0 amide bonds. The Hall–Kier alpha value is -1.58. The van der Waals surface area contributed by atoms with Crippen LogP contribution in [0.3, 0.4) is 0 Å². The van der Waals surface area contributed by atoms with E-state index < -0.39 is 0 Å². The zero-order valence-corrected chi connectivity index (χ0v) is 14.3. The smallest absolute Gasteiger partial charge is 0.116 e. The van der Waals surface area contributed by atoms with Crippen molar-refractivity contribution in [2.45, 2.75) is 32.7 Å². The van der Waals surface area contributed by atoms with Crippen molar-refractivity contribution in [1.29, 1.82) is 0 Å². The van der Waals surface area contributed by atoms with Gasteiger partial charge in [0.15, 0.2) is 0 Å². The van der Waals surface area contributed by atoms with E-state index in [0.717, 1.165) is 37.5 Å². The Morgan fingerprint density at radius 3 is 2.43 bits per heavy atom. The maximum atomic E-state index is 9.64. The maximum Gasteiger partial charge on any atom is 0.116 e. The van der Waals surface area contributed by atoms with E-state index in [-0.39, 0.29) is 0 Å². The highest BCUT2D eigenvalue weighted by molar-refractivity contribution is 5.84. The predicted octanol–water partition coefficient (Wildman–Crippen LogP) is 3.93. The Bertz CT molecular complexity index is 647. The molecule has 0 aliphatic carbocycles. The molecular weight excluding hydrogens is 284 g/mol. The molecule has 0 saturated carbocycles. The Morgan fingerprint density at radius 2 is 1.70 bits per heavy atom. The van der Waals surface area contributed by atoms with Crippen LogP contribution < -0.4 is 5.32 Å². The van der Waals surface area contributed by atoms with Crippen LogP contribution in [0, 0.1) is 5.92 Å². The van der Waals surface area contributed by atoms with Crippen LogP contribution in [0.4, 0.5) is 0 Å². The third-order valence-corrected chi connectivity index (χ3v) is 4.84. The number of fused-ring (bicyclic) bond motifs is 1. The summed E-state index contributed by atoms with van der Waals surface area (Å²) in [5.74, 6) is 1.07. The van der Waals surface area contributed by atoms with Crippen molar-refractivity contribution >= 4 is 10.8 Å². The van der Waals surface area contributed by atoms with Crippen molar-refractivity contribution in [2.75, 3.05) is 26.2 Å². The molecular formula is C20H28N2O. The van der Waals surface area contributed by atoms with Crippen LogP contribution in [0.1, 0.15) is 38.3 Å². The van der Waals surface area contributed by atoms with E-state index in [1.165, 1.54) is 23.8 Å². The molecule has 0 radical (unpaired) electrons. The first kappa shape index (κ1) is 16.3. The molecule has 1 atom stereocenters. The lowest BCUT2D eigenvalue weighted by molar-refractivity contribution is 0.160. The fourth-order valence-corrected chi connectivity index (χ4v) is 3.50. The molecule has 2 aromatic rings. The molecule has 1 saturated heterocycles. The minimum atomic E-state index is 0.337. The molecule has 2 N–H and O–H groups in total. The highest BCUT2D eigenvalue weighted by atomic mass is 16.3. The quantitative estimate of drug-likeness (QED) is 0.878. The number of benzene rings is 2. The van der Waals surface area contributed by atoms with Gasteiger partial charge in [-0.15, -0.1) is 0 Å². The average Bonchev–Trinajstić information content (AvgIpc) is 2.56. The van der Waals surface area contributed by atoms with E-state index in [9.17, 15) is 5.11 Å². The fourth-order valence-electron chi connectivity index (χ4n) is 3.50. The molecule has 0 spiro atoms. The van der Waals surface area contributed by atoms with Crippen molar-refractivity contribution in [2.24, 2.45) is 5.92 Å². The number of nitrogens with zero attached hydrogens (tertiary/aromatic N) is 1. The monoisotopic (exact) mass is 312 g/mol. The summed E-state index contributed by atoms with van der Waals surface area (Å²) in [6.07, 6.45) is 2.46. The molecule has 124 valence electrons. The lowest BCUT2D eigenvalue weighted by Gasteiger charge is -2.36. The molecule has 3 rings (SSSR count). The van der Waals surface area contributed by atoms with Gasteiger partial charge in [-0.1, -0.05) is 32.0 Å². The summed E-state index contributed by atoms with van der Waals surface area (Å²) in [6.45, 7) is 9.02. The molecule has 2 aromatic carbocycles. The normalized spacial score (nSPS) is 17.7. The van der Waals surface area contributed by atoms with Crippen molar-refractivity contribution in [3.05, 3.63) is 42.0 Å². The number of aromatic hydroxyl groups is 1. The number of hydrogen-bond acceptors (Lipinski definition) is 3. The van der Waals surface area contributed by atoms with Crippen LogP contribution >= 0.6 is 0 Å². The van der Waals surface area contributed by atoms with Gasteiger partial charge in [0, 0.05) is 32.2 Å². The first-order valence-electron chi connectivity index (χ1n) is 8.81. The third-order valence-electron chi connectivity index (χ3n) is 4.84. The second kappa shape index (κ2) is 7.33. The maximum absolute atomic E-state index is 9.64. The van der Waals surface area contributed by atoms with Gasteiger partial charge < -0.3 is 10.4 Å². The summed E-state index contributed by atoms with van der Waals surface area (Å²) in [4.78, 5) is 2.63. The summed E-state index contributed by atoms with van der Waals surface area (Å²) in [7, 11) is 0. The van der Waals surface area contributed by atoms with E-state index in [2.05, 4.69) is 42.3 Å². The minimum absolute atomic E-state index is 0.337. The summed E-state index contributed by atoms with van der Waals surface area (Å²) >= 11 is 0. The lowest BCUT2D eigenvalue weighted by Crippen LogP contribution is -2.45. The summed E-state index contributed by atoms with van der Waals surface area (Å²) in [5.41, 5.74) is 1.41. The number of rotatable bonds is 5. The van der Waals surface area contributed by atoms with Gasteiger partial charge in [0.1, 0.15) is 5.75 Å². The number of hydrogen-bond donors (Lipinski definition) is 2. The van der Waals surface area contributed by atoms with Crippen LogP contribution in [0.25, 0.3) is 10.8 Å². The van der Waals surface area contributed by atoms with Gasteiger partial charge in [0.05, 0.1) is 0 Å². The van der Waals surface area contributed by atoms with Gasteiger partial charge in [-0.3, -0.25) is 4.90 Å². The van der Waals surface area contributed by atoms with Gasteiger partial charge >= 0.3 is 0 Å². The van der Waals surface area contributed by atoms with Gasteiger partial charge in [-0.2, -0.15) is 0 Å². The zero-order valence-electron chi connectivity index (χ0n) is 14.3. The Kier molecular flexibility index (Phi) is 5.19. The molecule has 23 heavy (non-hydrogen) atoms. The van der Waals surface area contributed by atoms with Crippen LogP contribution in [0.2, 0.25) is 0 Å². The fraction of sp³-hybridized carbons (Fsp3) is 0.500. The number of nitrogens with one attached hydrogen (secondary N) is 1. The molecule has 3 heteroatoms. The second-order valence-corrected chi connectivity index (χ2v) is 7.06. The van der Waals surface area contributed by atoms with Crippen molar-refractivity contribution in [1.82, 2.24) is 10.2 Å². The standard InChI is InChI=1S/C20H28N2O/c1-15(2)3-8-20(22-11-9-21-10-12-22)18-5-4-17-14-19(23)7-6-16(17)13-18/h4-7,13-15,20-21,23H,3,8-12H2,1-2H3/t20-/m1/s1. The molecule has 0 aromatic heterocycles. The van der Waals surface area contributed by atoms with Gasteiger partial charge in [0.25, 0.3) is 0 Å². The van der Waals surface area contributed by atoms with E-state index in [0.29, 0.717) is 11.8 Å². The molecule has 1 heterocycles. The lowest BCUT2D eigenvalue weighted by atomic mass is 9.94. The second-order valence-electron chi connectivity index (χ2n) is 7.06. The van der Waals surface area contributed by atoms with Gasteiger partial charge in [-0.05, 0) is 53.3 Å². The molecule has 0 bridgehead atoms. The summed E-state index contributed by atoms with van der Waals surface area (Å²) in [5, 5.41) is 15.4. The van der Waals surface area contributed by atoms with E-state index in [4.69, 9.17) is 0 Å². The number of piperazine rings is 1. The molecule has 0 unspecified atom stereocenters. The first-order chi connectivity index (χ1) is 11.1. The Morgan fingerprint density at radius 1 is 1.00 bits per heavy atom. The SMILES string of the molecule is CC(C)CC[C@H](c1ccc2cc(O)ccc2c1)N1CCNCC1. The van der Waals surface area contributed by atoms with Crippen LogP contribution in [0.5, 0.6) is 5.75 Å². The largest absolute Gasteiger partial charge is 0.508 e. The zero-order chi connectivity index (χ0) is 16.2. The van der Waals surface area contributed by atoms with Gasteiger partial charge in [0.2, 0.25) is 0 Å². The van der Waals surface area contributed by atoms with E-state index in [1.807, 2.05) is 12.1 Å². The first-order valence-corrected chi connectivity index (χ1v) is 8.81. The summed E-state index contributed by atoms with van der Waals surface area (Å²) < 4.78 is 0. The third kappa shape index (κ3) is 4.04. The van der Waals surface area contributed by atoms with Crippen LogP contribution in [-0.4, -0.2) is 36.2 Å². The van der Waals surface area contributed by atoms with Crippen LogP contribution in [-0.2, 0) is 0 Å². The number of phenols is 1. The highest BCUT2D eigenvalue weighted by Gasteiger charge is 2.22. The van der Waals surface area contributed by atoms with Crippen LogP contribution in [0.15, 0.2) is 36.4 Å². The van der Waals surface area contributed by atoms with E-state index in [1.54, 1.807) is 6.07 Å². The highest BCUT2D eigenvalue weighted by Crippen LogP contribution is 2.31. The Balaban J connectivity index is 1.89. The van der Waals surface area contributed by atoms with E-state index >= 15 is 0 Å². The molecule has 1 aliphatic rings. The summed E-state index contributed by atoms with van der Waals surface area (Å²) in [6, 6.07) is 12.8. The molecule has 1 fully saturated rings. The van der Waals surface area contributed by atoms with Crippen molar-refractivity contribution in [3.63, 3.8) is 0 Å². The predicted molar refractivity (Wildman–Crippen MR) is 96.9 cm³/mol. The van der Waals surface area contributed by atoms with Crippen molar-refractivity contribution < 1.29 is 5.11 Å².